The van der Waals surface area contributed by atoms with Crippen LogP contribution in [0.2, 0.25) is 0 Å². The molecular formula is C61H83IN6O11. The zero-order valence-corrected chi connectivity index (χ0v) is 49.9. The van der Waals surface area contributed by atoms with Gasteiger partial charge in [-0.1, -0.05) is 90.5 Å². The molecule has 0 aliphatic heterocycles. The molecular weight excluding hydrogens is 1120 g/mol. The summed E-state index contributed by atoms with van der Waals surface area (Å²) >= 11 is 2.10. The largest absolute Gasteiger partial charge is 0.508 e. The summed E-state index contributed by atoms with van der Waals surface area (Å²) in [7, 11) is 1.00. The Morgan fingerprint density at radius 2 is 0.785 bits per heavy atom. The number of ether oxygens (including phenoxy) is 2. The second-order valence-corrected chi connectivity index (χ2v) is 15.3. The summed E-state index contributed by atoms with van der Waals surface area (Å²) in [6, 6.07) is 41.7. The monoisotopic (exact) mass is 1200 g/mol. The number of benzene rings is 6. The number of nitro groups is 2. The summed E-state index contributed by atoms with van der Waals surface area (Å²) < 4.78 is 12.5. The van der Waals surface area contributed by atoms with Crippen molar-refractivity contribution in [2.45, 2.75) is 111 Å². The number of phenols is 1. The lowest BCUT2D eigenvalue weighted by atomic mass is 10.2. The predicted molar refractivity (Wildman–Crippen MR) is 335 cm³/mol. The Labute approximate surface area is 479 Å². The summed E-state index contributed by atoms with van der Waals surface area (Å²) in [6.45, 7) is 30.0. The van der Waals surface area contributed by atoms with Crippen molar-refractivity contribution in [2.75, 3.05) is 12.4 Å². The van der Waals surface area contributed by atoms with Crippen LogP contribution in [0.4, 0.5) is 17.1 Å². The molecule has 1 amide bonds. The molecule has 430 valence electrons. The van der Waals surface area contributed by atoms with Gasteiger partial charge in [0.2, 0.25) is 0 Å². The number of aromatic hydroxyl groups is 1. The number of nitrogens with one attached hydrogen (secondary N) is 4. The fourth-order valence-electron chi connectivity index (χ4n) is 6.17. The van der Waals surface area contributed by atoms with Gasteiger partial charge in [0, 0.05) is 90.4 Å². The quantitative estimate of drug-likeness (QED) is 0.0342. The van der Waals surface area contributed by atoms with Gasteiger partial charge in [-0.05, 0) is 165 Å². The third kappa shape index (κ3) is 27.1. The van der Waals surface area contributed by atoms with Crippen molar-refractivity contribution in [3.8, 4) is 28.7 Å². The molecule has 9 rings (SSSR count). The predicted octanol–water partition coefficient (Wildman–Crippen LogP) is 18.3. The highest BCUT2D eigenvalue weighted by molar-refractivity contribution is 14.1. The van der Waals surface area contributed by atoms with Crippen LogP contribution >= 0.6 is 22.6 Å². The number of anilines is 1. The summed E-state index contributed by atoms with van der Waals surface area (Å²) in [4.78, 5) is 51.1. The Morgan fingerprint density at radius 1 is 0.481 bits per heavy atom. The molecule has 3 heterocycles. The van der Waals surface area contributed by atoms with Gasteiger partial charge in [0.05, 0.1) is 9.85 Å². The van der Waals surface area contributed by atoms with E-state index >= 15 is 0 Å². The first-order valence-electron chi connectivity index (χ1n) is 25.6. The molecule has 79 heavy (non-hydrogen) atoms. The van der Waals surface area contributed by atoms with Crippen LogP contribution in [0.5, 0.6) is 28.7 Å². The van der Waals surface area contributed by atoms with E-state index in [0.29, 0.717) is 34.4 Å². The zero-order chi connectivity index (χ0) is 59.9. The van der Waals surface area contributed by atoms with Crippen LogP contribution in [0.15, 0.2) is 146 Å². The number of hydrogen-bond donors (Lipinski definition) is 7. The van der Waals surface area contributed by atoms with Crippen molar-refractivity contribution in [3.05, 3.63) is 186 Å². The summed E-state index contributed by atoms with van der Waals surface area (Å²) in [5, 5.41) is 50.8. The van der Waals surface area contributed by atoms with Gasteiger partial charge < -0.3 is 45.1 Å². The van der Waals surface area contributed by atoms with Crippen LogP contribution in [-0.4, -0.2) is 59.1 Å². The molecule has 3 aromatic heterocycles. The topological polar surface area (TPSA) is 259 Å². The number of nitrogens with zero attached hydrogens (tertiary/aromatic N) is 2. The third-order valence-electron chi connectivity index (χ3n) is 9.06. The number of halogens is 1. The number of aromatic nitrogens is 3. The Balaban J connectivity index is -0.000000936. The first kappa shape index (κ1) is 75.0. The van der Waals surface area contributed by atoms with Gasteiger partial charge in [0.15, 0.2) is 0 Å². The van der Waals surface area contributed by atoms with Crippen molar-refractivity contribution in [2.24, 2.45) is 0 Å². The fraction of sp³-hybridized carbons (Fsp3) is 0.279. The maximum atomic E-state index is 11.1. The van der Waals surface area contributed by atoms with E-state index < -0.39 is 21.7 Å². The summed E-state index contributed by atoms with van der Waals surface area (Å²) in [6.07, 6.45) is 0. The number of aryl methyl sites for hydroxylation is 3. The minimum Gasteiger partial charge on any atom is -0.508 e. The van der Waals surface area contributed by atoms with E-state index in [1.807, 2.05) is 165 Å². The van der Waals surface area contributed by atoms with E-state index in [4.69, 9.17) is 24.8 Å². The minimum absolute atomic E-state index is 0. The van der Waals surface area contributed by atoms with Gasteiger partial charge >= 0.3 is 11.9 Å². The number of aromatic amines is 3. The number of carbonyl (C=O) groups excluding carboxylic acids is 1. The average molecular weight is 1200 g/mol. The highest BCUT2D eigenvalue weighted by Gasteiger charge is 2.11. The zero-order valence-electron chi connectivity index (χ0n) is 47.7. The first-order chi connectivity index (χ1) is 37.6. The molecule has 0 radical (unpaired) electrons. The van der Waals surface area contributed by atoms with Crippen molar-refractivity contribution < 1.29 is 44.2 Å². The molecule has 0 bridgehead atoms. The number of carboxylic acids is 1. The average Bonchev–Trinajstić information content (AvgIpc) is 4.16. The summed E-state index contributed by atoms with van der Waals surface area (Å²) in [5.74, 6) is 0.264. The minimum atomic E-state index is -1.53. The molecule has 18 heteroatoms. The standard InChI is InChI=1S/C17H14N2O4.C15H12N2O3.C9H9NO.C6H4INO2.6C2H6.CH4O.CH4/c1-10-8-11-9-14(6-7-15(11)18-10)23-13-4-2-12(3-5-13)19-16(20)17(21)22;1-10-8-11-9-14(6-7-15(11)16-10)20-13-4-2-12(3-5-13)17(18)19;1-6-4-7-5-8(11)2-3-9(7)10-6;7-5-1-3-6(4-2-5)8(9)10;7*1-2;/h2-9,18H,1H3,(H,19,20)(H,21,22);2-9,16H,1H3;2-5,10-11H,1H3;1-4H;6*1-2H3;2H,1H3;1H4. The van der Waals surface area contributed by atoms with Crippen LogP contribution in [-0.2, 0) is 9.59 Å². The number of amides is 1. The Hall–Kier alpha value is -8.23. The number of aliphatic hydroxyl groups is 1. The SMILES string of the molecule is C.CC.CC.CC.CC.CC.CC.CO.Cc1cc2cc(O)ccc2[nH]1.Cc1cc2cc(Oc3ccc(NC(=O)C(=O)O)cc3)ccc2[nH]1.Cc1cc2cc(Oc3ccc([N+](=O)[O-])cc3)ccc2[nH]1.O=[N+]([O-])c1ccc(I)cc1. The number of rotatable bonds is 7. The van der Waals surface area contributed by atoms with Gasteiger partial charge in [0.1, 0.15) is 28.7 Å². The second kappa shape index (κ2) is 42.8. The molecule has 0 saturated carbocycles. The second-order valence-electron chi connectivity index (χ2n) is 14.1. The molecule has 17 nitrogen and oxygen atoms in total. The van der Waals surface area contributed by atoms with E-state index in [-0.39, 0.29) is 18.8 Å². The number of phenolic OH excluding ortho intramolecular Hbond substituents is 1. The Kier molecular flexibility index (Phi) is 40.7. The number of carbonyl (C=O) groups is 2. The van der Waals surface area contributed by atoms with Crippen LogP contribution in [0, 0.1) is 44.6 Å². The van der Waals surface area contributed by atoms with Crippen molar-refractivity contribution in [3.63, 3.8) is 0 Å². The van der Waals surface area contributed by atoms with Crippen molar-refractivity contribution in [1.82, 2.24) is 15.0 Å². The molecule has 0 spiro atoms. The number of carboxylic acid groups (broad SMARTS) is 1. The fourth-order valence-corrected chi connectivity index (χ4v) is 6.53. The van der Waals surface area contributed by atoms with E-state index in [9.17, 15) is 29.8 Å². The number of non-ortho nitro benzene ring substituents is 2. The molecule has 0 saturated heterocycles. The lowest BCUT2D eigenvalue weighted by Crippen LogP contribution is -2.21. The van der Waals surface area contributed by atoms with Gasteiger partial charge in [-0.15, -0.1) is 0 Å². The highest BCUT2D eigenvalue weighted by Crippen LogP contribution is 2.29. The molecule has 9 aromatic rings. The van der Waals surface area contributed by atoms with Gasteiger partial charge in [-0.25, -0.2) is 4.79 Å². The van der Waals surface area contributed by atoms with Gasteiger partial charge in [0.25, 0.3) is 11.4 Å². The number of aliphatic hydroxyl groups excluding tert-OH is 1. The maximum absolute atomic E-state index is 11.1. The van der Waals surface area contributed by atoms with Crippen LogP contribution in [0.25, 0.3) is 32.7 Å². The molecule has 0 fully saturated rings. The number of aliphatic carboxylic acids is 1. The third-order valence-corrected chi connectivity index (χ3v) is 9.77. The van der Waals surface area contributed by atoms with Crippen LogP contribution in [0.3, 0.4) is 0 Å². The van der Waals surface area contributed by atoms with E-state index in [2.05, 4.69) is 42.9 Å². The molecule has 0 aliphatic rings. The maximum Gasteiger partial charge on any atom is 0.394 e. The normalized spacial score (nSPS) is 8.94. The molecule has 0 atom stereocenters. The van der Waals surface area contributed by atoms with Crippen molar-refractivity contribution >= 4 is 84.2 Å². The Morgan fingerprint density at radius 3 is 1.13 bits per heavy atom. The van der Waals surface area contributed by atoms with Crippen molar-refractivity contribution in [1.29, 1.82) is 0 Å². The van der Waals surface area contributed by atoms with Crippen LogP contribution < -0.4 is 14.8 Å². The smallest absolute Gasteiger partial charge is 0.394 e. The molecule has 0 unspecified atom stereocenters. The summed E-state index contributed by atoms with van der Waals surface area (Å²) in [5.41, 5.74) is 7.03. The number of hydrogen-bond acceptors (Lipinski definition) is 10. The lowest BCUT2D eigenvalue weighted by Gasteiger charge is -2.07. The molecule has 0 aliphatic carbocycles. The Bertz CT molecular complexity index is 3100. The van der Waals surface area contributed by atoms with Crippen LogP contribution in [0.1, 0.15) is 108 Å². The molecule has 6 aromatic carbocycles. The van der Waals surface area contributed by atoms with E-state index in [0.717, 1.165) is 60.5 Å². The van der Waals surface area contributed by atoms with Gasteiger partial charge in [-0.2, -0.15) is 0 Å². The van der Waals surface area contributed by atoms with Gasteiger partial charge in [-0.3, -0.25) is 25.0 Å². The lowest BCUT2D eigenvalue weighted by molar-refractivity contribution is -0.385. The number of nitro benzene ring substituents is 2. The first-order valence-corrected chi connectivity index (χ1v) is 26.7. The van der Waals surface area contributed by atoms with E-state index in [1.165, 1.54) is 24.3 Å². The number of fused-ring (bicyclic) bond motifs is 3. The number of H-pyrrole nitrogens is 3. The highest BCUT2D eigenvalue weighted by atomic mass is 127. The molecule has 7 N–H and O–H groups in total. The van der Waals surface area contributed by atoms with E-state index in [1.54, 1.807) is 60.7 Å².